The molecule has 0 aromatic rings. The first-order valence-electron chi connectivity index (χ1n) is 12.8. The van der Waals surface area contributed by atoms with E-state index in [1.807, 2.05) is 44.2 Å². The number of hydrogen-bond donors (Lipinski definition) is 6. The summed E-state index contributed by atoms with van der Waals surface area (Å²) in [6.45, 7) is 12.1. The van der Waals surface area contributed by atoms with Gasteiger partial charge in [-0.15, -0.1) is 0 Å². The van der Waals surface area contributed by atoms with Gasteiger partial charge in [0.2, 0.25) is 18.2 Å². The largest absolute Gasteiger partial charge is 0.389 e. The predicted octanol–water partition coefficient (Wildman–Crippen LogP) is 2.12. The van der Waals surface area contributed by atoms with Gasteiger partial charge in [-0.1, -0.05) is 49.1 Å². The second kappa shape index (κ2) is 21.1. The summed E-state index contributed by atoms with van der Waals surface area (Å²) in [5.41, 5.74) is 6.97. The Morgan fingerprint density at radius 3 is 2.43 bits per heavy atom. The Balaban J connectivity index is 5.39. The second-order valence-electron chi connectivity index (χ2n) is 8.98. The normalized spacial score (nSPS) is 15.7. The lowest BCUT2D eigenvalue weighted by molar-refractivity contribution is -0.126. The molecule has 0 spiro atoms. The molecule has 0 radical (unpaired) electrons. The molecule has 0 aliphatic heterocycles. The maximum atomic E-state index is 13.1. The minimum absolute atomic E-state index is 0.0137. The summed E-state index contributed by atoms with van der Waals surface area (Å²) in [6, 6.07) is -1.31. The average Bonchev–Trinajstić information content (AvgIpc) is 2.85. The minimum Gasteiger partial charge on any atom is -0.389 e. The number of hydrogen-bond acceptors (Lipinski definition) is 6. The van der Waals surface area contributed by atoms with Crippen LogP contribution < -0.4 is 27.0 Å². The van der Waals surface area contributed by atoms with Crippen molar-refractivity contribution in [1.29, 1.82) is 0 Å². The summed E-state index contributed by atoms with van der Waals surface area (Å²) < 4.78 is 0. The van der Waals surface area contributed by atoms with Crippen LogP contribution >= 0.6 is 0 Å². The van der Waals surface area contributed by atoms with Crippen molar-refractivity contribution < 1.29 is 19.5 Å². The third-order valence-electron chi connectivity index (χ3n) is 5.70. The monoisotopic (exact) mass is 517 g/mol. The van der Waals surface area contributed by atoms with Crippen molar-refractivity contribution in [2.75, 3.05) is 13.2 Å². The van der Waals surface area contributed by atoms with E-state index in [0.717, 1.165) is 30.5 Å². The van der Waals surface area contributed by atoms with E-state index in [1.54, 1.807) is 26.0 Å². The summed E-state index contributed by atoms with van der Waals surface area (Å²) in [7, 11) is 0. The molecule has 0 bridgehead atoms. The Morgan fingerprint density at radius 1 is 1.11 bits per heavy atom. The Kier molecular flexibility index (Phi) is 19.4. The molecule has 4 atom stereocenters. The van der Waals surface area contributed by atoms with Crippen LogP contribution in [0.2, 0.25) is 0 Å². The van der Waals surface area contributed by atoms with Gasteiger partial charge < -0.3 is 32.1 Å². The number of allylic oxidation sites excluding steroid dienone is 6. The molecule has 7 N–H and O–H groups in total. The average molecular weight is 518 g/mol. The van der Waals surface area contributed by atoms with Gasteiger partial charge in [-0.05, 0) is 64.6 Å². The molecular weight excluding hydrogens is 470 g/mol. The van der Waals surface area contributed by atoms with Gasteiger partial charge in [0, 0.05) is 31.6 Å². The summed E-state index contributed by atoms with van der Waals surface area (Å²) in [4.78, 5) is 37.1. The Bertz CT molecular complexity index is 817. The van der Waals surface area contributed by atoms with E-state index in [4.69, 9.17) is 5.73 Å². The van der Waals surface area contributed by atoms with E-state index in [0.29, 0.717) is 19.5 Å². The number of carbonyl (C=O) groups is 3. The van der Waals surface area contributed by atoms with Gasteiger partial charge in [0.25, 0.3) is 0 Å². The molecule has 3 amide bonds. The van der Waals surface area contributed by atoms with Gasteiger partial charge in [0.05, 0.1) is 6.10 Å². The van der Waals surface area contributed by atoms with Crippen LogP contribution in [0.25, 0.3) is 0 Å². The van der Waals surface area contributed by atoms with Gasteiger partial charge in [-0.2, -0.15) is 0 Å². The fourth-order valence-electron chi connectivity index (χ4n) is 3.44. The fourth-order valence-corrected chi connectivity index (χ4v) is 3.44. The standard InChI is InChI=1S/C28H47N5O4/c1-6-8-9-10-11-14-25(18-27(36)32-22(4)13-12-15-30-19-29)33-28(37)26(31-20-34)17-24(7-2)16-21(3)23(5)35/h6-11,16,20,22-23,25-26,30,35H,1,12-15,17-19,29H2,2-5H3,(H,31,34)(H,32,36)(H,33,37). The maximum absolute atomic E-state index is 13.1. The highest BCUT2D eigenvalue weighted by Gasteiger charge is 2.23. The number of carbonyl (C=O) groups excluding carboxylic acids is 3. The first kappa shape index (κ1) is 34.0. The highest BCUT2D eigenvalue weighted by molar-refractivity contribution is 5.85. The zero-order chi connectivity index (χ0) is 28.1. The smallest absolute Gasteiger partial charge is 0.243 e. The lowest BCUT2D eigenvalue weighted by Crippen LogP contribution is -2.49. The lowest BCUT2D eigenvalue weighted by atomic mass is 10.0. The van der Waals surface area contributed by atoms with E-state index in [9.17, 15) is 19.5 Å². The molecular formula is C28H47N5O4. The van der Waals surface area contributed by atoms with Crippen molar-refractivity contribution in [3.63, 3.8) is 0 Å². The van der Waals surface area contributed by atoms with Crippen LogP contribution in [0.1, 0.15) is 59.8 Å². The number of rotatable bonds is 20. The van der Waals surface area contributed by atoms with Crippen molar-refractivity contribution in [3.8, 4) is 0 Å². The molecule has 4 unspecified atom stereocenters. The van der Waals surface area contributed by atoms with Crippen LogP contribution in [0, 0.1) is 0 Å². The van der Waals surface area contributed by atoms with Gasteiger partial charge >= 0.3 is 0 Å². The number of aliphatic hydroxyl groups is 1. The molecule has 0 aromatic carbocycles. The summed E-state index contributed by atoms with van der Waals surface area (Å²) in [6.07, 6.45) is 14.9. The molecule has 208 valence electrons. The summed E-state index contributed by atoms with van der Waals surface area (Å²) >= 11 is 0. The van der Waals surface area contributed by atoms with Crippen molar-refractivity contribution >= 4 is 18.2 Å². The van der Waals surface area contributed by atoms with E-state index in [1.165, 1.54) is 0 Å². The number of amides is 3. The lowest BCUT2D eigenvalue weighted by Gasteiger charge is -2.23. The van der Waals surface area contributed by atoms with Crippen LogP contribution in [-0.2, 0) is 14.4 Å². The number of nitrogens with two attached hydrogens (primary N) is 1. The van der Waals surface area contributed by atoms with Crippen molar-refractivity contribution in [1.82, 2.24) is 21.3 Å². The molecule has 0 saturated heterocycles. The van der Waals surface area contributed by atoms with Crippen molar-refractivity contribution in [2.45, 2.75) is 84.0 Å². The first-order chi connectivity index (χ1) is 17.7. The number of aliphatic hydroxyl groups excluding tert-OH is 1. The first-order valence-corrected chi connectivity index (χ1v) is 12.8. The van der Waals surface area contributed by atoms with Crippen LogP contribution in [0.4, 0.5) is 0 Å². The van der Waals surface area contributed by atoms with Gasteiger partial charge in [-0.3, -0.25) is 14.4 Å². The molecule has 0 aromatic heterocycles. The third kappa shape index (κ3) is 17.1. The predicted molar refractivity (Wildman–Crippen MR) is 150 cm³/mol. The van der Waals surface area contributed by atoms with Crippen LogP contribution in [0.3, 0.4) is 0 Å². The van der Waals surface area contributed by atoms with E-state index in [-0.39, 0.29) is 30.7 Å². The molecule has 0 saturated carbocycles. The molecule has 37 heavy (non-hydrogen) atoms. The topological polar surface area (TPSA) is 146 Å². The highest BCUT2D eigenvalue weighted by Crippen LogP contribution is 2.13. The summed E-state index contributed by atoms with van der Waals surface area (Å²) in [5.74, 6) is -0.549. The van der Waals surface area contributed by atoms with Crippen LogP contribution in [0.5, 0.6) is 0 Å². The summed E-state index contributed by atoms with van der Waals surface area (Å²) in [5, 5.41) is 21.3. The zero-order valence-corrected chi connectivity index (χ0v) is 22.8. The second-order valence-corrected chi connectivity index (χ2v) is 8.98. The molecule has 0 heterocycles. The molecule has 0 aliphatic rings. The van der Waals surface area contributed by atoms with Gasteiger partial charge in [0.1, 0.15) is 6.04 Å². The van der Waals surface area contributed by atoms with Crippen molar-refractivity contribution in [3.05, 3.63) is 60.3 Å². The van der Waals surface area contributed by atoms with E-state index in [2.05, 4.69) is 27.8 Å². The Labute approximate surface area is 222 Å². The maximum Gasteiger partial charge on any atom is 0.243 e. The van der Waals surface area contributed by atoms with Gasteiger partial charge in [0.15, 0.2) is 0 Å². The molecule has 0 aliphatic carbocycles. The molecule has 9 heteroatoms. The van der Waals surface area contributed by atoms with Gasteiger partial charge in [-0.25, -0.2) is 0 Å². The van der Waals surface area contributed by atoms with Crippen molar-refractivity contribution in [2.24, 2.45) is 5.73 Å². The molecule has 0 rings (SSSR count). The Hall–Kier alpha value is -3.01. The highest BCUT2D eigenvalue weighted by atomic mass is 16.3. The molecule has 9 nitrogen and oxygen atoms in total. The van der Waals surface area contributed by atoms with E-state index >= 15 is 0 Å². The molecule has 0 fully saturated rings. The quantitative estimate of drug-likeness (QED) is 0.0631. The minimum atomic E-state index is -0.828. The third-order valence-corrected chi connectivity index (χ3v) is 5.70. The fraction of sp³-hybridized carbons (Fsp3) is 0.536. The Morgan fingerprint density at radius 2 is 1.84 bits per heavy atom. The number of nitrogens with one attached hydrogen (secondary N) is 4. The zero-order valence-electron chi connectivity index (χ0n) is 22.8. The SMILES string of the molecule is C=CC=CC=CCC(CC(=O)NC(C)CCCNCN)NC(=O)C(CC(=CC)C=C(C)C(C)O)NC=O. The van der Waals surface area contributed by atoms with Crippen LogP contribution in [0.15, 0.2) is 60.3 Å². The van der Waals surface area contributed by atoms with E-state index < -0.39 is 18.2 Å². The van der Waals surface area contributed by atoms with Crippen LogP contribution in [-0.4, -0.2) is 60.8 Å².